The minimum atomic E-state index is -0.434. The van der Waals surface area contributed by atoms with Crippen LogP contribution in [0.2, 0.25) is 0 Å². The molecule has 3 radical (unpaired) electrons. The van der Waals surface area contributed by atoms with Gasteiger partial charge in [-0.25, -0.2) is 0 Å². The summed E-state index contributed by atoms with van der Waals surface area (Å²) in [5, 5.41) is 11.0. The van der Waals surface area contributed by atoms with Gasteiger partial charge < -0.3 is 0 Å². The van der Waals surface area contributed by atoms with Crippen LogP contribution in [0.15, 0.2) is 53.4 Å². The summed E-state index contributed by atoms with van der Waals surface area (Å²) in [5.41, 5.74) is 0.831. The van der Waals surface area contributed by atoms with E-state index in [-0.39, 0.29) is 17.3 Å². The molecule has 0 aliphatic heterocycles. The van der Waals surface area contributed by atoms with Crippen molar-refractivity contribution in [3.05, 3.63) is 58.6 Å². The van der Waals surface area contributed by atoms with E-state index < -0.39 is 4.92 Å². The fraction of sp³-hybridized carbons (Fsp3) is 0.133. The Labute approximate surface area is 141 Å². The summed E-state index contributed by atoms with van der Waals surface area (Å²) in [7, 11) is 1.70. The molecule has 0 atom stereocenters. The van der Waals surface area contributed by atoms with E-state index in [0.29, 0.717) is 4.90 Å². The first kappa shape index (κ1) is 16.6. The molecule has 0 aliphatic carbocycles. The Hall–Kier alpha value is -1.80. The van der Waals surface area contributed by atoms with Gasteiger partial charge in [-0.05, 0) is 0 Å². The molecule has 5 nitrogen and oxygen atoms in total. The first-order valence-electron chi connectivity index (χ1n) is 6.43. The molecule has 0 bridgehead atoms. The number of nitrogens with zero attached hydrogens (tertiary/aromatic N) is 2. The zero-order valence-corrected chi connectivity index (χ0v) is 14.8. The van der Waals surface area contributed by atoms with Crippen LogP contribution < -0.4 is 9.30 Å². The third kappa shape index (κ3) is 4.11. The molecule has 0 fully saturated rings. The van der Waals surface area contributed by atoms with Gasteiger partial charge >= 0.3 is 141 Å². The van der Waals surface area contributed by atoms with Crippen LogP contribution in [0, 0.1) is 10.1 Å². The van der Waals surface area contributed by atoms with Crippen molar-refractivity contribution in [1.29, 1.82) is 0 Å². The predicted molar refractivity (Wildman–Crippen MR) is 89.1 cm³/mol. The maximum atomic E-state index is 12.2. The summed E-state index contributed by atoms with van der Waals surface area (Å²) >= 11 is 3.16. The van der Waals surface area contributed by atoms with Crippen LogP contribution in [0.1, 0.15) is 0 Å². The number of hydrogen-bond donors (Lipinski definition) is 0. The van der Waals surface area contributed by atoms with E-state index in [1.165, 1.54) is 17.8 Å². The fourth-order valence-corrected chi connectivity index (χ4v) is 3.08. The zero-order valence-electron chi connectivity index (χ0n) is 11.9. The average molecular weight is 374 g/mol. The molecule has 0 aliphatic rings. The molecule has 0 saturated heterocycles. The fourth-order valence-electron chi connectivity index (χ4n) is 1.80. The van der Waals surface area contributed by atoms with Gasteiger partial charge in [-0.15, -0.1) is 0 Å². The van der Waals surface area contributed by atoms with E-state index in [2.05, 4.69) is 0 Å². The predicted octanol–water partition coefficient (Wildman–Crippen LogP) is 2.14. The average Bonchev–Trinajstić information content (AvgIpc) is 2.52. The number of nitro groups is 1. The quantitative estimate of drug-likeness (QED) is 0.348. The Morgan fingerprint density at radius 3 is 2.50 bits per heavy atom. The van der Waals surface area contributed by atoms with Crippen molar-refractivity contribution in [2.75, 3.05) is 17.7 Å². The molecule has 2 aromatic carbocycles. The van der Waals surface area contributed by atoms with Gasteiger partial charge in [0, 0.05) is 0 Å². The van der Waals surface area contributed by atoms with Crippen molar-refractivity contribution in [3.63, 3.8) is 0 Å². The van der Waals surface area contributed by atoms with Gasteiger partial charge in [0.2, 0.25) is 0 Å². The number of rotatable bonds is 5. The molecule has 0 heterocycles. The van der Waals surface area contributed by atoms with E-state index in [1.54, 1.807) is 30.1 Å². The van der Waals surface area contributed by atoms with Crippen molar-refractivity contribution >= 4 is 50.0 Å². The first-order valence-corrected chi connectivity index (χ1v) is 8.47. The normalized spacial score (nSPS) is 10.3. The number of para-hydroxylation sites is 1. The summed E-state index contributed by atoms with van der Waals surface area (Å²) in [6.45, 7) is 0. The minimum absolute atomic E-state index is 0.0262. The van der Waals surface area contributed by atoms with Crippen molar-refractivity contribution in [2.24, 2.45) is 0 Å². The molecule has 0 saturated carbocycles. The van der Waals surface area contributed by atoms with Crippen LogP contribution in [-0.2, 0) is 4.79 Å². The summed E-state index contributed by atoms with van der Waals surface area (Å²) in [4.78, 5) is 24.8. The van der Waals surface area contributed by atoms with Crippen LogP contribution >= 0.6 is 11.8 Å². The molecule has 2 aromatic rings. The Balaban J connectivity index is 2.04. The zero-order chi connectivity index (χ0) is 16.1. The summed E-state index contributed by atoms with van der Waals surface area (Å²) in [5.74, 6) is 0.0434. The second kappa shape index (κ2) is 7.46. The summed E-state index contributed by atoms with van der Waals surface area (Å²) in [6, 6.07) is 14.1. The second-order valence-electron chi connectivity index (χ2n) is 4.51. The molecule has 111 valence electrons. The van der Waals surface area contributed by atoms with E-state index in [4.69, 9.17) is 0 Å². The molecule has 7 heteroatoms. The second-order valence-corrected chi connectivity index (χ2v) is 6.74. The maximum absolute atomic E-state index is 12.2. The Morgan fingerprint density at radius 1 is 1.23 bits per heavy atom. The van der Waals surface area contributed by atoms with Crippen molar-refractivity contribution in [3.8, 4) is 0 Å². The van der Waals surface area contributed by atoms with Gasteiger partial charge in [-0.3, -0.25) is 0 Å². The van der Waals surface area contributed by atoms with Gasteiger partial charge in [-0.2, -0.15) is 0 Å². The van der Waals surface area contributed by atoms with E-state index in [0.717, 1.165) is 10.1 Å². The molecule has 22 heavy (non-hydrogen) atoms. The van der Waals surface area contributed by atoms with E-state index in [1.807, 2.05) is 40.8 Å². The van der Waals surface area contributed by atoms with Gasteiger partial charge in [0.15, 0.2) is 0 Å². The van der Waals surface area contributed by atoms with Crippen molar-refractivity contribution < 1.29 is 9.72 Å². The SMILES string of the molecule is CN(C(=O)CSc1ccccc1[N+](=O)[O-])c1cc[c]([Ge])cc1. The number of anilines is 1. The number of nitro benzene ring substituents is 1. The summed E-state index contributed by atoms with van der Waals surface area (Å²) < 4.78 is 1.12. The van der Waals surface area contributed by atoms with Crippen LogP contribution in [0.5, 0.6) is 0 Å². The number of amides is 1. The Bertz CT molecular complexity index is 691. The Kier molecular flexibility index (Phi) is 5.62. The van der Waals surface area contributed by atoms with Crippen molar-refractivity contribution in [2.45, 2.75) is 4.90 Å². The molecule has 2 rings (SSSR count). The molecule has 0 aromatic heterocycles. The standard InChI is InChI=1S/C15H13GeN2O3S/c1-17(12-8-6-11(16)7-9-12)15(19)10-22-14-5-3-2-4-13(14)18(20)21/h2-9H,10H2,1H3. The van der Waals surface area contributed by atoms with Crippen molar-refractivity contribution in [1.82, 2.24) is 0 Å². The molecule has 0 N–H and O–H groups in total. The molecule has 1 amide bonds. The third-order valence-electron chi connectivity index (χ3n) is 3.04. The number of carbonyl (C=O) groups is 1. The topological polar surface area (TPSA) is 63.5 Å². The first-order chi connectivity index (χ1) is 10.5. The molecule has 0 unspecified atom stereocenters. The number of benzene rings is 2. The molecular weight excluding hydrogens is 361 g/mol. The third-order valence-corrected chi connectivity index (χ3v) is 4.79. The number of thioether (sulfide) groups is 1. The van der Waals surface area contributed by atoms with Crippen LogP contribution in [-0.4, -0.2) is 40.1 Å². The van der Waals surface area contributed by atoms with Gasteiger partial charge in [-0.1, -0.05) is 0 Å². The van der Waals surface area contributed by atoms with Gasteiger partial charge in [0.25, 0.3) is 0 Å². The summed E-state index contributed by atoms with van der Waals surface area (Å²) in [6.07, 6.45) is 0. The molecular formula is C15H13GeN2O3S. The van der Waals surface area contributed by atoms with Crippen LogP contribution in [0.3, 0.4) is 0 Å². The van der Waals surface area contributed by atoms with Crippen LogP contribution in [0.4, 0.5) is 11.4 Å². The van der Waals surface area contributed by atoms with E-state index >= 15 is 0 Å². The van der Waals surface area contributed by atoms with Crippen LogP contribution in [0.25, 0.3) is 0 Å². The van der Waals surface area contributed by atoms with Gasteiger partial charge in [0.05, 0.1) is 0 Å². The Morgan fingerprint density at radius 2 is 1.86 bits per heavy atom. The monoisotopic (exact) mass is 375 g/mol. The van der Waals surface area contributed by atoms with Gasteiger partial charge in [0.1, 0.15) is 0 Å². The number of hydrogen-bond acceptors (Lipinski definition) is 4. The molecule has 0 spiro atoms. The van der Waals surface area contributed by atoms with E-state index in [9.17, 15) is 14.9 Å². The number of carbonyl (C=O) groups excluding carboxylic acids is 1.